The van der Waals surface area contributed by atoms with Gasteiger partial charge < -0.3 is 14.4 Å². The van der Waals surface area contributed by atoms with Crippen molar-refractivity contribution in [1.82, 2.24) is 10.4 Å². The zero-order valence-corrected chi connectivity index (χ0v) is 20.0. The van der Waals surface area contributed by atoms with Crippen LogP contribution in [0.2, 0.25) is 0 Å². The molecule has 0 atom stereocenters. The molecule has 0 unspecified atom stereocenters. The van der Waals surface area contributed by atoms with E-state index in [1.54, 1.807) is 36.7 Å². The Morgan fingerprint density at radius 3 is 2.31 bits per heavy atom. The number of methoxy groups -OCH3 is 2. The zero-order chi connectivity index (χ0) is 24.9. The second-order valence-corrected chi connectivity index (χ2v) is 8.44. The van der Waals surface area contributed by atoms with Gasteiger partial charge in [-0.05, 0) is 65.9 Å². The highest BCUT2D eigenvalue weighted by atomic mass is 16.5. The van der Waals surface area contributed by atoms with Crippen LogP contribution in [0.1, 0.15) is 38.2 Å². The summed E-state index contributed by atoms with van der Waals surface area (Å²) < 4.78 is 10.8. The van der Waals surface area contributed by atoms with Gasteiger partial charge in [0.15, 0.2) is 11.5 Å². The summed E-state index contributed by atoms with van der Waals surface area (Å²) in [5.41, 5.74) is 7.28. The molecule has 2 amide bonds. The van der Waals surface area contributed by atoms with Crippen molar-refractivity contribution in [2.75, 3.05) is 20.8 Å². The quantitative estimate of drug-likeness (QED) is 0.242. The molecule has 4 rings (SSSR count). The van der Waals surface area contributed by atoms with Crippen molar-refractivity contribution in [2.24, 2.45) is 0 Å². The SMILES string of the molecule is COc1ccc(/C=C(/C(=O)N2CCc3ccc(C(=O)NO)cc3C2)c2ccc(C)cc2)cc1OC. The number of hydrogen-bond donors (Lipinski definition) is 2. The van der Waals surface area contributed by atoms with Crippen LogP contribution in [0, 0.1) is 6.92 Å². The summed E-state index contributed by atoms with van der Waals surface area (Å²) in [6.45, 7) is 2.94. The first-order valence-electron chi connectivity index (χ1n) is 11.3. The third kappa shape index (κ3) is 5.20. The van der Waals surface area contributed by atoms with Crippen LogP contribution in [0.3, 0.4) is 0 Å². The number of ether oxygens (including phenoxy) is 2. The van der Waals surface area contributed by atoms with Crippen molar-refractivity contribution >= 4 is 23.5 Å². The van der Waals surface area contributed by atoms with Crippen molar-refractivity contribution in [3.8, 4) is 11.5 Å². The Balaban J connectivity index is 1.71. The van der Waals surface area contributed by atoms with Gasteiger partial charge in [-0.3, -0.25) is 14.8 Å². The maximum absolute atomic E-state index is 13.8. The molecule has 1 aliphatic rings. The molecular weight excluding hydrogens is 444 g/mol. The van der Waals surface area contributed by atoms with Crippen LogP contribution >= 0.6 is 0 Å². The smallest absolute Gasteiger partial charge is 0.274 e. The van der Waals surface area contributed by atoms with E-state index < -0.39 is 5.91 Å². The standard InChI is InChI=1S/C28H28N2O5/c1-18-4-7-21(8-5-18)24(14-19-6-11-25(34-2)26(15-19)35-3)28(32)30-13-12-20-9-10-22(27(31)29-33)16-23(20)17-30/h4-11,14-16,33H,12-13,17H2,1-3H3,(H,29,31)/b24-14+. The largest absolute Gasteiger partial charge is 0.493 e. The second kappa shape index (κ2) is 10.4. The molecule has 0 bridgehead atoms. The van der Waals surface area contributed by atoms with E-state index in [1.165, 1.54) is 0 Å². The fourth-order valence-corrected chi connectivity index (χ4v) is 4.22. The predicted octanol–water partition coefficient (Wildman–Crippen LogP) is 4.26. The van der Waals surface area contributed by atoms with Gasteiger partial charge in [0, 0.05) is 24.2 Å². The molecule has 7 nitrogen and oxygen atoms in total. The Kier molecular flexibility index (Phi) is 7.17. The van der Waals surface area contributed by atoms with Crippen molar-refractivity contribution in [3.05, 3.63) is 94.0 Å². The van der Waals surface area contributed by atoms with Gasteiger partial charge in [0.25, 0.3) is 11.8 Å². The van der Waals surface area contributed by atoms with Crippen LogP contribution in [-0.4, -0.2) is 42.7 Å². The summed E-state index contributed by atoms with van der Waals surface area (Å²) in [5, 5.41) is 8.97. The lowest BCUT2D eigenvalue weighted by molar-refractivity contribution is -0.125. The third-order valence-electron chi connectivity index (χ3n) is 6.18. The minimum absolute atomic E-state index is 0.105. The molecule has 0 spiro atoms. The molecule has 7 heteroatoms. The molecule has 1 aliphatic heterocycles. The van der Waals surface area contributed by atoms with E-state index in [2.05, 4.69) is 0 Å². The normalized spacial score (nSPS) is 13.1. The summed E-state index contributed by atoms with van der Waals surface area (Å²) in [7, 11) is 3.16. The van der Waals surface area contributed by atoms with E-state index in [0.717, 1.165) is 27.8 Å². The Hall–Kier alpha value is -4.10. The second-order valence-electron chi connectivity index (χ2n) is 8.44. The van der Waals surface area contributed by atoms with Gasteiger partial charge in [-0.15, -0.1) is 0 Å². The zero-order valence-electron chi connectivity index (χ0n) is 20.0. The predicted molar refractivity (Wildman–Crippen MR) is 133 cm³/mol. The minimum Gasteiger partial charge on any atom is -0.493 e. The number of amides is 2. The number of nitrogens with one attached hydrogen (secondary N) is 1. The van der Waals surface area contributed by atoms with E-state index in [-0.39, 0.29) is 5.91 Å². The number of aryl methyl sites for hydroxylation is 1. The summed E-state index contributed by atoms with van der Waals surface area (Å²) >= 11 is 0. The molecule has 180 valence electrons. The molecule has 0 radical (unpaired) electrons. The molecule has 3 aromatic carbocycles. The summed E-state index contributed by atoms with van der Waals surface area (Å²) in [6, 6.07) is 18.7. The Bertz CT molecular complexity index is 1280. The molecule has 0 fully saturated rings. The van der Waals surface area contributed by atoms with Crippen LogP contribution in [-0.2, 0) is 17.8 Å². The maximum atomic E-state index is 13.8. The molecule has 2 N–H and O–H groups in total. The Morgan fingerprint density at radius 2 is 1.63 bits per heavy atom. The molecule has 0 saturated carbocycles. The van der Waals surface area contributed by atoms with E-state index >= 15 is 0 Å². The molecule has 1 heterocycles. The molecule has 0 saturated heterocycles. The number of benzene rings is 3. The first-order chi connectivity index (χ1) is 16.9. The van der Waals surface area contributed by atoms with Gasteiger partial charge in [-0.25, -0.2) is 5.48 Å². The lowest BCUT2D eigenvalue weighted by Crippen LogP contribution is -2.36. The van der Waals surface area contributed by atoms with Crippen molar-refractivity contribution < 1.29 is 24.3 Å². The molecule has 0 aliphatic carbocycles. The number of nitrogens with zero attached hydrogens (tertiary/aromatic N) is 1. The minimum atomic E-state index is -0.579. The highest BCUT2D eigenvalue weighted by Crippen LogP contribution is 2.31. The van der Waals surface area contributed by atoms with Crippen LogP contribution in [0.5, 0.6) is 11.5 Å². The van der Waals surface area contributed by atoms with E-state index in [4.69, 9.17) is 14.7 Å². The van der Waals surface area contributed by atoms with Gasteiger partial charge in [0.1, 0.15) is 0 Å². The number of rotatable bonds is 6. The molecular formula is C28H28N2O5. The van der Waals surface area contributed by atoms with Crippen molar-refractivity contribution in [3.63, 3.8) is 0 Å². The van der Waals surface area contributed by atoms with Crippen molar-refractivity contribution in [2.45, 2.75) is 19.9 Å². The van der Waals surface area contributed by atoms with Crippen LogP contribution in [0.15, 0.2) is 60.7 Å². The summed E-state index contributed by atoms with van der Waals surface area (Å²) in [6.07, 6.45) is 2.54. The first kappa shape index (κ1) is 24.0. The average molecular weight is 473 g/mol. The number of carbonyl (C=O) groups is 2. The van der Waals surface area contributed by atoms with Crippen LogP contribution in [0.25, 0.3) is 11.6 Å². The fourth-order valence-electron chi connectivity index (χ4n) is 4.22. The highest BCUT2D eigenvalue weighted by molar-refractivity contribution is 6.24. The van der Waals surface area contributed by atoms with Gasteiger partial charge in [-0.1, -0.05) is 42.0 Å². The third-order valence-corrected chi connectivity index (χ3v) is 6.18. The van der Waals surface area contributed by atoms with Gasteiger partial charge >= 0.3 is 0 Å². The van der Waals surface area contributed by atoms with Gasteiger partial charge in [0.05, 0.1) is 14.2 Å². The number of carbonyl (C=O) groups excluding carboxylic acids is 2. The number of hydroxylamine groups is 1. The fraction of sp³-hybridized carbons (Fsp3) is 0.214. The average Bonchev–Trinajstić information content (AvgIpc) is 2.90. The van der Waals surface area contributed by atoms with Gasteiger partial charge in [-0.2, -0.15) is 0 Å². The lowest BCUT2D eigenvalue weighted by atomic mass is 9.95. The monoisotopic (exact) mass is 472 g/mol. The number of hydrogen-bond acceptors (Lipinski definition) is 5. The van der Waals surface area contributed by atoms with Crippen molar-refractivity contribution in [1.29, 1.82) is 0 Å². The molecule has 35 heavy (non-hydrogen) atoms. The lowest BCUT2D eigenvalue weighted by Gasteiger charge is -2.30. The van der Waals surface area contributed by atoms with Crippen LogP contribution < -0.4 is 15.0 Å². The Labute approximate surface area is 204 Å². The topological polar surface area (TPSA) is 88.1 Å². The van der Waals surface area contributed by atoms with E-state index in [9.17, 15) is 9.59 Å². The van der Waals surface area contributed by atoms with E-state index in [0.29, 0.717) is 42.1 Å². The number of fused-ring (bicyclic) bond motifs is 1. The van der Waals surface area contributed by atoms with Crippen LogP contribution in [0.4, 0.5) is 0 Å². The summed E-state index contributed by atoms with van der Waals surface area (Å²) in [5.74, 6) is 0.512. The molecule has 3 aromatic rings. The first-order valence-corrected chi connectivity index (χ1v) is 11.3. The van der Waals surface area contributed by atoms with E-state index in [1.807, 2.05) is 61.5 Å². The van der Waals surface area contributed by atoms with Gasteiger partial charge in [0.2, 0.25) is 0 Å². The maximum Gasteiger partial charge on any atom is 0.274 e. The highest BCUT2D eigenvalue weighted by Gasteiger charge is 2.25. The summed E-state index contributed by atoms with van der Waals surface area (Å²) in [4.78, 5) is 27.5. The Morgan fingerprint density at radius 1 is 0.914 bits per heavy atom. The molecule has 0 aromatic heterocycles.